The van der Waals surface area contributed by atoms with Crippen LogP contribution in [0.5, 0.6) is 0 Å². The first kappa shape index (κ1) is 27.1. The number of hydrogen-bond acceptors (Lipinski definition) is 3. The highest BCUT2D eigenvalue weighted by Crippen LogP contribution is 2.45. The van der Waals surface area contributed by atoms with Crippen LogP contribution in [0.3, 0.4) is 0 Å². The maximum Gasteiger partial charge on any atom is 0.171 e. The van der Waals surface area contributed by atoms with Crippen LogP contribution in [-0.4, -0.2) is 28.7 Å². The maximum absolute atomic E-state index is 11.7. The van der Waals surface area contributed by atoms with Gasteiger partial charge in [-0.25, -0.2) is 4.98 Å². The molecule has 4 nitrogen and oxygen atoms in total. The molecule has 1 aliphatic rings. The fourth-order valence-electron chi connectivity index (χ4n) is 7.34. The summed E-state index contributed by atoms with van der Waals surface area (Å²) in [5.74, 6) is 0.261. The third-order valence-corrected chi connectivity index (χ3v) is 15.7. The molecule has 0 bridgehead atoms. The number of nitrogens with zero attached hydrogens (tertiary/aromatic N) is 2. The number of aromatic nitrogens is 2. The molecule has 0 spiro atoms. The molecule has 1 saturated carbocycles. The average molecular weight is 507 g/mol. The molecular formula is C31H46N2O2Si. The topological polar surface area (TPSA) is 47.3 Å². The van der Waals surface area contributed by atoms with E-state index in [0.717, 1.165) is 47.8 Å². The van der Waals surface area contributed by atoms with Crippen LogP contribution >= 0.6 is 0 Å². The van der Waals surface area contributed by atoms with Crippen LogP contribution in [0.1, 0.15) is 90.0 Å². The summed E-state index contributed by atoms with van der Waals surface area (Å²) in [6.07, 6.45) is 8.10. The van der Waals surface area contributed by atoms with Crippen LogP contribution in [0.25, 0.3) is 11.0 Å². The zero-order valence-corrected chi connectivity index (χ0v) is 24.4. The second-order valence-electron chi connectivity index (χ2n) is 11.9. The minimum atomic E-state index is -1.92. The lowest BCUT2D eigenvalue weighted by molar-refractivity contribution is -0.0134. The normalized spacial score (nSPS) is 20.1. The monoisotopic (exact) mass is 506 g/mol. The van der Waals surface area contributed by atoms with Gasteiger partial charge in [-0.2, -0.15) is 0 Å². The highest BCUT2D eigenvalue weighted by atomic mass is 28.3. The van der Waals surface area contributed by atoms with Crippen LogP contribution in [0.4, 0.5) is 0 Å². The third kappa shape index (κ3) is 4.94. The van der Waals surface area contributed by atoms with Crippen molar-refractivity contribution in [1.82, 2.24) is 9.22 Å². The standard InChI is InChI=1S/C31H46N2O2Si/c1-21(2)36(22(3)4,23(5)6)33-18-17-28-29(24(7)19-32-31(28)33)30(34)26-13-15-27(16-14-26)35-20-25-11-9-8-10-12-25/h8-12,17-19,21-23,26-27,30,34H,13-16,20H2,1-7H3. The van der Waals surface area contributed by atoms with E-state index >= 15 is 0 Å². The minimum Gasteiger partial charge on any atom is -0.388 e. The molecule has 36 heavy (non-hydrogen) atoms. The minimum absolute atomic E-state index is 0.261. The van der Waals surface area contributed by atoms with Crippen molar-refractivity contribution < 1.29 is 9.84 Å². The third-order valence-electron chi connectivity index (χ3n) is 8.94. The number of aryl methyl sites for hydroxylation is 1. The lowest BCUT2D eigenvalue weighted by Gasteiger charge is -2.44. The number of aliphatic hydroxyl groups excluding tert-OH is 1. The van der Waals surface area contributed by atoms with E-state index in [-0.39, 0.29) is 12.0 Å². The molecule has 196 valence electrons. The first-order chi connectivity index (χ1) is 17.2. The summed E-state index contributed by atoms with van der Waals surface area (Å²) in [6.45, 7) is 17.1. The average Bonchev–Trinajstić information content (AvgIpc) is 3.27. The first-order valence-electron chi connectivity index (χ1n) is 14.0. The molecule has 0 aliphatic heterocycles. The van der Waals surface area contributed by atoms with Crippen LogP contribution in [0, 0.1) is 12.8 Å². The number of rotatable bonds is 9. The summed E-state index contributed by atoms with van der Waals surface area (Å²) in [7, 11) is -1.92. The molecule has 0 radical (unpaired) electrons. The highest BCUT2D eigenvalue weighted by Gasteiger charge is 2.46. The Bertz CT molecular complexity index is 1110. The van der Waals surface area contributed by atoms with Crippen LogP contribution in [0.2, 0.25) is 16.6 Å². The predicted molar refractivity (Wildman–Crippen MR) is 153 cm³/mol. The molecule has 1 unspecified atom stereocenters. The Morgan fingerprint density at radius 3 is 2.14 bits per heavy atom. The van der Waals surface area contributed by atoms with E-state index in [1.807, 2.05) is 12.3 Å². The molecule has 3 aromatic rings. The Hall–Kier alpha value is -1.95. The summed E-state index contributed by atoms with van der Waals surface area (Å²) < 4.78 is 8.78. The molecule has 1 fully saturated rings. The zero-order chi connectivity index (χ0) is 26.0. The maximum atomic E-state index is 11.7. The molecule has 0 amide bonds. The predicted octanol–water partition coefficient (Wildman–Crippen LogP) is 8.18. The van der Waals surface area contributed by atoms with Gasteiger partial charge in [0.1, 0.15) is 5.65 Å². The van der Waals surface area contributed by atoms with Gasteiger partial charge in [0.15, 0.2) is 8.24 Å². The molecule has 0 saturated heterocycles. The fourth-order valence-corrected chi connectivity index (χ4v) is 13.9. The van der Waals surface area contributed by atoms with Crippen molar-refractivity contribution in [3.8, 4) is 0 Å². The van der Waals surface area contributed by atoms with Crippen molar-refractivity contribution in [2.75, 3.05) is 0 Å². The second-order valence-corrected chi connectivity index (χ2v) is 17.6. The number of pyridine rings is 1. The van der Waals surface area contributed by atoms with Gasteiger partial charge >= 0.3 is 0 Å². The number of ether oxygens (including phenoxy) is 1. The summed E-state index contributed by atoms with van der Waals surface area (Å²) in [5, 5.41) is 12.8. The van der Waals surface area contributed by atoms with Crippen LogP contribution in [0.15, 0.2) is 48.8 Å². The zero-order valence-electron chi connectivity index (χ0n) is 23.4. The van der Waals surface area contributed by atoms with Gasteiger partial charge in [-0.1, -0.05) is 71.9 Å². The van der Waals surface area contributed by atoms with Gasteiger partial charge in [0.05, 0.1) is 18.8 Å². The number of hydrogen-bond donors (Lipinski definition) is 1. The van der Waals surface area contributed by atoms with E-state index in [2.05, 4.69) is 89.2 Å². The molecule has 1 N–H and O–H groups in total. The van der Waals surface area contributed by atoms with Gasteiger partial charge < -0.3 is 14.1 Å². The first-order valence-corrected chi connectivity index (χ1v) is 16.2. The lowest BCUT2D eigenvalue weighted by Crippen LogP contribution is -2.51. The molecule has 1 aliphatic carbocycles. The van der Waals surface area contributed by atoms with Crippen LogP contribution < -0.4 is 0 Å². The fraction of sp³-hybridized carbons (Fsp3) is 0.581. The molecule has 5 heteroatoms. The molecule has 2 heterocycles. The highest BCUT2D eigenvalue weighted by molar-refractivity contribution is 6.82. The SMILES string of the molecule is Cc1cnc2c(ccn2[Si](C(C)C)(C(C)C)C(C)C)c1C(O)C1CCC(OCc2ccccc2)CC1. The van der Waals surface area contributed by atoms with Gasteiger partial charge in [0.2, 0.25) is 0 Å². The number of benzene rings is 1. The number of fused-ring (bicyclic) bond motifs is 1. The van der Waals surface area contributed by atoms with E-state index in [4.69, 9.17) is 9.72 Å². The van der Waals surface area contributed by atoms with E-state index in [1.165, 1.54) is 5.56 Å². The summed E-state index contributed by atoms with van der Waals surface area (Å²) in [6, 6.07) is 12.6. The van der Waals surface area contributed by atoms with Gasteiger partial charge in [-0.05, 0) is 84.1 Å². The largest absolute Gasteiger partial charge is 0.388 e. The van der Waals surface area contributed by atoms with E-state index in [1.54, 1.807) is 0 Å². The molecule has 2 aromatic heterocycles. The van der Waals surface area contributed by atoms with Gasteiger partial charge in [0.25, 0.3) is 0 Å². The van der Waals surface area contributed by atoms with Crippen molar-refractivity contribution >= 4 is 19.3 Å². The quantitative estimate of drug-likeness (QED) is 0.298. The smallest absolute Gasteiger partial charge is 0.171 e. The lowest BCUT2D eigenvalue weighted by atomic mass is 9.80. The Kier molecular flexibility index (Phi) is 8.43. The van der Waals surface area contributed by atoms with E-state index in [9.17, 15) is 5.11 Å². The van der Waals surface area contributed by atoms with E-state index in [0.29, 0.717) is 23.2 Å². The van der Waals surface area contributed by atoms with Gasteiger partial charge in [0, 0.05) is 11.6 Å². The van der Waals surface area contributed by atoms with Gasteiger partial charge in [-0.15, -0.1) is 0 Å². The summed E-state index contributed by atoms with van der Waals surface area (Å²) in [5.41, 5.74) is 6.26. The molecule has 1 aromatic carbocycles. The van der Waals surface area contributed by atoms with Crippen molar-refractivity contribution in [3.05, 3.63) is 65.5 Å². The number of aliphatic hydroxyl groups is 1. The van der Waals surface area contributed by atoms with Crippen molar-refractivity contribution in [2.45, 2.75) is 110 Å². The Labute approximate surface area is 219 Å². The summed E-state index contributed by atoms with van der Waals surface area (Å²) >= 11 is 0. The Morgan fingerprint density at radius 1 is 0.944 bits per heavy atom. The Balaban J connectivity index is 1.56. The van der Waals surface area contributed by atoms with Crippen molar-refractivity contribution in [1.29, 1.82) is 0 Å². The van der Waals surface area contributed by atoms with Crippen molar-refractivity contribution in [2.24, 2.45) is 5.92 Å². The molecule has 4 rings (SSSR count). The van der Waals surface area contributed by atoms with Crippen molar-refractivity contribution in [3.63, 3.8) is 0 Å². The Morgan fingerprint density at radius 2 is 1.56 bits per heavy atom. The molecule has 1 atom stereocenters. The molecular weight excluding hydrogens is 460 g/mol. The van der Waals surface area contributed by atoms with E-state index < -0.39 is 14.3 Å². The summed E-state index contributed by atoms with van der Waals surface area (Å²) in [4.78, 5) is 4.97. The second kappa shape index (κ2) is 11.2. The van der Waals surface area contributed by atoms with Gasteiger partial charge in [-0.3, -0.25) is 0 Å². The van der Waals surface area contributed by atoms with Crippen LogP contribution in [-0.2, 0) is 11.3 Å².